The first-order valence-electron chi connectivity index (χ1n) is 10.1. The Balaban J connectivity index is 1.65. The van der Waals surface area contributed by atoms with Gasteiger partial charge in [0, 0.05) is 6.42 Å². The number of rotatable bonds is 5. The lowest BCUT2D eigenvalue weighted by atomic mass is 9.91. The molecule has 0 bridgehead atoms. The molecule has 0 N–H and O–H groups in total. The third-order valence-electron chi connectivity index (χ3n) is 5.58. The second kappa shape index (κ2) is 7.96. The Morgan fingerprint density at radius 1 is 1.12 bits per heavy atom. The van der Waals surface area contributed by atoms with Gasteiger partial charge in [-0.3, -0.25) is 4.79 Å². The van der Waals surface area contributed by atoms with Crippen molar-refractivity contribution in [3.63, 3.8) is 0 Å². The molecule has 1 aliphatic rings. The number of halogens is 3. The standard InChI is InChI=1S/C23H21F3N2O4/c1-22(2)18(12-14-8-4-3-5-9-14)28(21(30)32-22)20(29)15(23(24,25)26)13-19-27-16-10-6-7-11-17(16)31-19/h3-11,15,18H,12-13H2,1-2H3/t15-,18-/m0/s1. The first-order valence-corrected chi connectivity index (χ1v) is 10.1. The number of cyclic esters (lactones) is 1. The molecule has 1 saturated heterocycles. The Labute approximate surface area is 182 Å². The molecule has 32 heavy (non-hydrogen) atoms. The fourth-order valence-electron chi connectivity index (χ4n) is 3.89. The van der Waals surface area contributed by atoms with E-state index < -0.39 is 42.2 Å². The van der Waals surface area contributed by atoms with Gasteiger partial charge in [0.1, 0.15) is 17.0 Å². The zero-order chi connectivity index (χ0) is 23.1. The van der Waals surface area contributed by atoms with Crippen molar-refractivity contribution < 1.29 is 31.9 Å². The molecule has 2 amide bonds. The van der Waals surface area contributed by atoms with Crippen LogP contribution in [0, 0.1) is 5.92 Å². The van der Waals surface area contributed by atoms with Crippen LogP contribution in [0.2, 0.25) is 0 Å². The molecule has 2 heterocycles. The van der Waals surface area contributed by atoms with Gasteiger partial charge in [-0.05, 0) is 38.0 Å². The van der Waals surface area contributed by atoms with E-state index in [0.717, 1.165) is 5.56 Å². The third kappa shape index (κ3) is 4.19. The second-order valence-corrected chi connectivity index (χ2v) is 8.26. The van der Waals surface area contributed by atoms with E-state index in [0.29, 0.717) is 16.0 Å². The maximum absolute atomic E-state index is 14.0. The highest BCUT2D eigenvalue weighted by Crippen LogP contribution is 2.37. The van der Waals surface area contributed by atoms with Crippen molar-refractivity contribution in [3.05, 3.63) is 66.1 Å². The molecule has 1 aromatic heterocycles. The second-order valence-electron chi connectivity index (χ2n) is 8.26. The Morgan fingerprint density at radius 2 is 1.78 bits per heavy atom. The van der Waals surface area contributed by atoms with E-state index in [4.69, 9.17) is 9.15 Å². The molecule has 1 aliphatic heterocycles. The number of fused-ring (bicyclic) bond motifs is 1. The van der Waals surface area contributed by atoms with Gasteiger partial charge in [-0.15, -0.1) is 0 Å². The summed E-state index contributed by atoms with van der Waals surface area (Å²) in [6.45, 7) is 3.16. The first-order chi connectivity index (χ1) is 15.1. The zero-order valence-electron chi connectivity index (χ0n) is 17.4. The van der Waals surface area contributed by atoms with Crippen LogP contribution in [-0.2, 0) is 22.4 Å². The summed E-state index contributed by atoms with van der Waals surface area (Å²) in [5.74, 6) is -4.11. The summed E-state index contributed by atoms with van der Waals surface area (Å²) in [6.07, 6.45) is -6.66. The van der Waals surface area contributed by atoms with Crippen LogP contribution in [0.3, 0.4) is 0 Å². The number of nitrogens with zero attached hydrogens (tertiary/aromatic N) is 2. The van der Waals surface area contributed by atoms with Crippen molar-refractivity contribution in [3.8, 4) is 0 Å². The van der Waals surface area contributed by atoms with E-state index in [1.54, 1.807) is 68.4 Å². The fraction of sp³-hybridized carbons (Fsp3) is 0.348. The highest BCUT2D eigenvalue weighted by atomic mass is 19.4. The van der Waals surface area contributed by atoms with Gasteiger partial charge in [0.05, 0.1) is 6.04 Å². The minimum Gasteiger partial charge on any atom is -0.441 e. The molecular formula is C23H21F3N2O4. The molecule has 0 radical (unpaired) electrons. The van der Waals surface area contributed by atoms with E-state index in [1.807, 2.05) is 0 Å². The van der Waals surface area contributed by atoms with E-state index in [1.165, 1.54) is 0 Å². The Bertz CT molecular complexity index is 1110. The lowest BCUT2D eigenvalue weighted by Gasteiger charge is -2.30. The summed E-state index contributed by atoms with van der Waals surface area (Å²) >= 11 is 0. The third-order valence-corrected chi connectivity index (χ3v) is 5.58. The number of para-hydroxylation sites is 2. The molecular weight excluding hydrogens is 425 g/mol. The Morgan fingerprint density at radius 3 is 2.44 bits per heavy atom. The molecule has 0 saturated carbocycles. The van der Waals surface area contributed by atoms with Gasteiger partial charge in [-0.25, -0.2) is 14.7 Å². The molecule has 4 rings (SSSR count). The van der Waals surface area contributed by atoms with Crippen LogP contribution >= 0.6 is 0 Å². The summed E-state index contributed by atoms with van der Waals surface area (Å²) in [4.78, 5) is 30.3. The van der Waals surface area contributed by atoms with Crippen LogP contribution in [0.4, 0.5) is 18.0 Å². The lowest BCUT2D eigenvalue weighted by Crippen LogP contribution is -2.51. The number of alkyl halides is 3. The molecule has 2 atom stereocenters. The van der Waals surface area contributed by atoms with Crippen molar-refractivity contribution >= 4 is 23.1 Å². The van der Waals surface area contributed by atoms with Crippen molar-refractivity contribution in [1.29, 1.82) is 0 Å². The minimum absolute atomic E-state index is 0.165. The van der Waals surface area contributed by atoms with E-state index in [9.17, 15) is 22.8 Å². The summed E-state index contributed by atoms with van der Waals surface area (Å²) in [5.41, 5.74) is 0.319. The average molecular weight is 446 g/mol. The maximum Gasteiger partial charge on any atom is 0.417 e. The van der Waals surface area contributed by atoms with Gasteiger partial charge in [0.2, 0.25) is 5.91 Å². The van der Waals surface area contributed by atoms with Crippen molar-refractivity contribution in [2.75, 3.05) is 0 Å². The van der Waals surface area contributed by atoms with Gasteiger partial charge in [0.15, 0.2) is 11.5 Å². The SMILES string of the molecule is CC1(C)OC(=O)N(C(=O)[C@H](Cc2nc3ccccc3o2)C(F)(F)F)[C@H]1Cc1ccccc1. The van der Waals surface area contributed by atoms with Crippen LogP contribution in [0.5, 0.6) is 0 Å². The van der Waals surface area contributed by atoms with Crippen molar-refractivity contribution in [1.82, 2.24) is 9.88 Å². The zero-order valence-corrected chi connectivity index (χ0v) is 17.4. The smallest absolute Gasteiger partial charge is 0.417 e. The van der Waals surface area contributed by atoms with Crippen LogP contribution in [0.25, 0.3) is 11.1 Å². The number of amides is 2. The summed E-state index contributed by atoms with van der Waals surface area (Å²) in [6, 6.07) is 14.5. The average Bonchev–Trinajstić information content (AvgIpc) is 3.23. The van der Waals surface area contributed by atoms with E-state index >= 15 is 0 Å². The topological polar surface area (TPSA) is 72.6 Å². The number of ether oxygens (including phenoxy) is 1. The van der Waals surface area contributed by atoms with Gasteiger partial charge in [-0.2, -0.15) is 13.2 Å². The monoisotopic (exact) mass is 446 g/mol. The van der Waals surface area contributed by atoms with Gasteiger partial charge in [0.25, 0.3) is 0 Å². The molecule has 9 heteroatoms. The highest BCUT2D eigenvalue weighted by Gasteiger charge is 2.56. The van der Waals surface area contributed by atoms with Crippen LogP contribution < -0.4 is 0 Å². The largest absolute Gasteiger partial charge is 0.441 e. The number of carbonyl (C=O) groups excluding carboxylic acids is 2. The molecule has 168 valence electrons. The molecule has 3 aromatic rings. The number of oxazole rings is 1. The normalized spacial score (nSPS) is 19.2. The quantitative estimate of drug-likeness (QED) is 0.557. The van der Waals surface area contributed by atoms with Gasteiger partial charge in [-0.1, -0.05) is 42.5 Å². The Hall–Kier alpha value is -3.36. The number of carbonyl (C=O) groups is 2. The number of imide groups is 1. The maximum atomic E-state index is 14.0. The summed E-state index contributed by atoms with van der Waals surface area (Å²) < 4.78 is 52.6. The van der Waals surface area contributed by atoms with Gasteiger partial charge >= 0.3 is 12.3 Å². The highest BCUT2D eigenvalue weighted by molar-refractivity contribution is 5.96. The number of hydrogen-bond donors (Lipinski definition) is 0. The minimum atomic E-state index is -4.91. The predicted molar refractivity (Wildman–Crippen MR) is 109 cm³/mol. The van der Waals surface area contributed by atoms with Crippen LogP contribution in [0.1, 0.15) is 25.3 Å². The van der Waals surface area contributed by atoms with Crippen LogP contribution in [-0.4, -0.2) is 39.7 Å². The Kier molecular flexibility index (Phi) is 5.44. The van der Waals surface area contributed by atoms with Crippen LogP contribution in [0.15, 0.2) is 59.0 Å². The molecule has 1 fully saturated rings. The molecule has 6 nitrogen and oxygen atoms in total. The summed E-state index contributed by atoms with van der Waals surface area (Å²) in [7, 11) is 0. The number of hydrogen-bond acceptors (Lipinski definition) is 5. The van der Waals surface area contributed by atoms with Gasteiger partial charge < -0.3 is 9.15 Å². The van der Waals surface area contributed by atoms with Crippen molar-refractivity contribution in [2.45, 2.75) is 44.5 Å². The number of benzene rings is 2. The lowest BCUT2D eigenvalue weighted by molar-refractivity contribution is -0.188. The number of aromatic nitrogens is 1. The first kappa shape index (κ1) is 21.9. The van der Waals surface area contributed by atoms with Crippen molar-refractivity contribution in [2.24, 2.45) is 5.92 Å². The molecule has 2 aromatic carbocycles. The molecule has 0 spiro atoms. The molecule has 0 unspecified atom stereocenters. The molecule has 0 aliphatic carbocycles. The van der Waals surface area contributed by atoms with E-state index in [2.05, 4.69) is 4.98 Å². The predicted octanol–water partition coefficient (Wildman–Crippen LogP) is 4.92. The van der Waals surface area contributed by atoms with E-state index in [-0.39, 0.29) is 12.3 Å². The fourth-order valence-corrected chi connectivity index (χ4v) is 3.89. The summed E-state index contributed by atoms with van der Waals surface area (Å²) in [5, 5.41) is 0.